The molecule has 15 heavy (non-hydrogen) atoms. The smallest absolute Gasteiger partial charge is 0.0861 e. The van der Waals surface area contributed by atoms with Crippen molar-refractivity contribution in [2.45, 2.75) is 32.6 Å². The first kappa shape index (κ1) is 11.8. The van der Waals surface area contributed by atoms with Crippen LogP contribution in [-0.4, -0.2) is 12.9 Å². The number of benzene rings is 1. The van der Waals surface area contributed by atoms with E-state index in [0.717, 1.165) is 18.7 Å². The van der Waals surface area contributed by atoms with Gasteiger partial charge in [0.15, 0.2) is 0 Å². The van der Waals surface area contributed by atoms with E-state index in [1.807, 2.05) is 35.2 Å². The Hall–Kier alpha value is -1.31. The lowest BCUT2D eigenvalue weighted by Crippen LogP contribution is -2.21. The molecule has 0 aliphatic rings. The topological polar surface area (TPSA) is 27.1 Å². The molecule has 0 aromatic heterocycles. The van der Waals surface area contributed by atoms with Gasteiger partial charge in [-0.25, -0.2) is 0 Å². The van der Waals surface area contributed by atoms with Crippen LogP contribution in [0.25, 0.3) is 0 Å². The Kier molecular flexibility index (Phi) is 5.52. The van der Waals surface area contributed by atoms with Crippen LogP contribution in [-0.2, 0) is 0 Å². The third kappa shape index (κ3) is 4.15. The first-order chi connectivity index (χ1) is 7.38. The van der Waals surface area contributed by atoms with Gasteiger partial charge in [0.1, 0.15) is 0 Å². The molecular formula is C13H20N2. The quantitative estimate of drug-likeness (QED) is 0.409. The molecule has 1 aromatic rings. The molecule has 0 fully saturated rings. The van der Waals surface area contributed by atoms with Gasteiger partial charge in [0.05, 0.1) is 6.34 Å². The average molecular weight is 204 g/mol. The van der Waals surface area contributed by atoms with Gasteiger partial charge >= 0.3 is 0 Å². The monoisotopic (exact) mass is 204 g/mol. The fourth-order valence-electron chi connectivity index (χ4n) is 1.60. The van der Waals surface area contributed by atoms with Crippen molar-refractivity contribution in [2.24, 2.45) is 0 Å². The molecule has 82 valence electrons. The highest BCUT2D eigenvalue weighted by atomic mass is 15.1. The third-order valence-corrected chi connectivity index (χ3v) is 2.50. The zero-order valence-electron chi connectivity index (χ0n) is 9.45. The van der Waals surface area contributed by atoms with E-state index in [1.54, 1.807) is 0 Å². The molecule has 0 spiro atoms. The van der Waals surface area contributed by atoms with Gasteiger partial charge in [-0.3, -0.25) is 5.41 Å². The average Bonchev–Trinajstić information content (AvgIpc) is 2.30. The van der Waals surface area contributed by atoms with E-state index in [0.29, 0.717) is 0 Å². The first-order valence-electron chi connectivity index (χ1n) is 5.70. The maximum absolute atomic E-state index is 7.38. The molecule has 0 atom stereocenters. The van der Waals surface area contributed by atoms with Crippen molar-refractivity contribution in [3.63, 3.8) is 0 Å². The standard InChI is InChI=1S/C13H20N2/c1-2-3-4-8-11-15(12-14)13-9-6-5-7-10-13/h5-7,9-10,12,14H,2-4,8,11H2,1H3. The van der Waals surface area contributed by atoms with Crippen LogP contribution in [0.15, 0.2) is 30.3 Å². The van der Waals surface area contributed by atoms with Crippen LogP contribution in [0, 0.1) is 5.41 Å². The van der Waals surface area contributed by atoms with E-state index in [9.17, 15) is 0 Å². The van der Waals surface area contributed by atoms with E-state index >= 15 is 0 Å². The molecular weight excluding hydrogens is 184 g/mol. The summed E-state index contributed by atoms with van der Waals surface area (Å²) in [4.78, 5) is 2.00. The minimum Gasteiger partial charge on any atom is -0.333 e. The van der Waals surface area contributed by atoms with Crippen molar-refractivity contribution < 1.29 is 0 Å². The molecule has 1 N–H and O–H groups in total. The molecule has 0 amide bonds. The summed E-state index contributed by atoms with van der Waals surface area (Å²) in [5.41, 5.74) is 1.11. The summed E-state index contributed by atoms with van der Waals surface area (Å²) in [6, 6.07) is 10.1. The summed E-state index contributed by atoms with van der Waals surface area (Å²) in [7, 11) is 0. The van der Waals surface area contributed by atoms with Crippen molar-refractivity contribution in [2.75, 3.05) is 11.4 Å². The van der Waals surface area contributed by atoms with E-state index < -0.39 is 0 Å². The second-order valence-corrected chi connectivity index (χ2v) is 3.72. The van der Waals surface area contributed by atoms with Crippen LogP contribution >= 0.6 is 0 Å². The summed E-state index contributed by atoms with van der Waals surface area (Å²) < 4.78 is 0. The number of unbranched alkanes of at least 4 members (excludes halogenated alkanes) is 3. The Morgan fingerprint density at radius 3 is 2.47 bits per heavy atom. The summed E-state index contributed by atoms with van der Waals surface area (Å²) in [6.07, 6.45) is 6.39. The van der Waals surface area contributed by atoms with E-state index in [4.69, 9.17) is 5.41 Å². The molecule has 0 aliphatic heterocycles. The minimum absolute atomic E-state index is 0.952. The molecule has 0 radical (unpaired) electrons. The molecule has 0 aliphatic carbocycles. The van der Waals surface area contributed by atoms with E-state index in [1.165, 1.54) is 25.6 Å². The summed E-state index contributed by atoms with van der Waals surface area (Å²) >= 11 is 0. The van der Waals surface area contributed by atoms with Crippen LogP contribution in [0.3, 0.4) is 0 Å². The van der Waals surface area contributed by atoms with E-state index in [2.05, 4.69) is 6.92 Å². The number of hydrogen-bond donors (Lipinski definition) is 1. The summed E-state index contributed by atoms with van der Waals surface area (Å²) in [5.74, 6) is 0. The van der Waals surface area contributed by atoms with Crippen molar-refractivity contribution in [1.82, 2.24) is 0 Å². The zero-order chi connectivity index (χ0) is 10.9. The highest BCUT2D eigenvalue weighted by molar-refractivity contribution is 5.76. The lowest BCUT2D eigenvalue weighted by atomic mass is 10.2. The SMILES string of the molecule is CCCCCCN(C=N)c1ccccc1. The molecule has 0 heterocycles. The van der Waals surface area contributed by atoms with Gasteiger partial charge < -0.3 is 4.90 Å². The fraction of sp³-hybridized carbons (Fsp3) is 0.462. The van der Waals surface area contributed by atoms with Gasteiger partial charge in [-0.2, -0.15) is 0 Å². The van der Waals surface area contributed by atoms with E-state index in [-0.39, 0.29) is 0 Å². The highest BCUT2D eigenvalue weighted by Gasteiger charge is 2.01. The molecule has 0 saturated heterocycles. The Balaban J connectivity index is 2.39. The molecule has 2 heteroatoms. The first-order valence-corrected chi connectivity index (χ1v) is 5.70. The minimum atomic E-state index is 0.952. The Bertz CT molecular complexity index is 269. The normalized spacial score (nSPS) is 9.93. The molecule has 2 nitrogen and oxygen atoms in total. The number of rotatable bonds is 7. The Morgan fingerprint density at radius 2 is 1.87 bits per heavy atom. The van der Waals surface area contributed by atoms with Gasteiger partial charge in [-0.05, 0) is 18.6 Å². The van der Waals surface area contributed by atoms with Gasteiger partial charge in [-0.1, -0.05) is 44.4 Å². The summed E-state index contributed by atoms with van der Waals surface area (Å²) in [5, 5.41) is 7.38. The van der Waals surface area contributed by atoms with Gasteiger partial charge in [0.2, 0.25) is 0 Å². The maximum atomic E-state index is 7.38. The molecule has 1 rings (SSSR count). The molecule has 1 aromatic carbocycles. The largest absolute Gasteiger partial charge is 0.333 e. The number of nitrogens with zero attached hydrogens (tertiary/aromatic N) is 1. The van der Waals surface area contributed by atoms with Crippen molar-refractivity contribution in [3.05, 3.63) is 30.3 Å². The van der Waals surface area contributed by atoms with Crippen LogP contribution < -0.4 is 4.90 Å². The predicted octanol–water partition coefficient (Wildman–Crippen LogP) is 3.68. The molecule has 0 unspecified atom stereocenters. The fourth-order valence-corrected chi connectivity index (χ4v) is 1.60. The van der Waals surface area contributed by atoms with Crippen LogP contribution in [0.5, 0.6) is 0 Å². The Morgan fingerprint density at radius 1 is 1.13 bits per heavy atom. The molecule has 0 saturated carbocycles. The predicted molar refractivity (Wildman–Crippen MR) is 66.7 cm³/mol. The number of hydrogen-bond acceptors (Lipinski definition) is 1. The number of para-hydroxylation sites is 1. The number of nitrogens with one attached hydrogen (secondary N) is 1. The third-order valence-electron chi connectivity index (χ3n) is 2.50. The molecule has 0 bridgehead atoms. The lowest BCUT2D eigenvalue weighted by Gasteiger charge is -2.18. The van der Waals surface area contributed by atoms with Crippen molar-refractivity contribution in [3.8, 4) is 0 Å². The highest BCUT2D eigenvalue weighted by Crippen LogP contribution is 2.12. The lowest BCUT2D eigenvalue weighted by molar-refractivity contribution is 0.672. The van der Waals surface area contributed by atoms with Crippen LogP contribution in [0.2, 0.25) is 0 Å². The van der Waals surface area contributed by atoms with Crippen molar-refractivity contribution in [1.29, 1.82) is 5.41 Å². The zero-order valence-corrected chi connectivity index (χ0v) is 9.45. The van der Waals surface area contributed by atoms with Gasteiger partial charge in [-0.15, -0.1) is 0 Å². The van der Waals surface area contributed by atoms with Gasteiger partial charge in [0, 0.05) is 12.2 Å². The number of anilines is 1. The Labute approximate surface area is 92.4 Å². The van der Waals surface area contributed by atoms with Crippen LogP contribution in [0.1, 0.15) is 32.6 Å². The second-order valence-electron chi connectivity index (χ2n) is 3.72. The van der Waals surface area contributed by atoms with Gasteiger partial charge in [0.25, 0.3) is 0 Å². The van der Waals surface area contributed by atoms with Crippen LogP contribution in [0.4, 0.5) is 5.69 Å². The second kappa shape index (κ2) is 7.04. The van der Waals surface area contributed by atoms with Crippen molar-refractivity contribution >= 4 is 12.0 Å². The maximum Gasteiger partial charge on any atom is 0.0861 e. The summed E-state index contributed by atoms with van der Waals surface area (Å²) in [6.45, 7) is 3.17.